The number of hydrogen-bond acceptors (Lipinski definition) is 0. The Bertz CT molecular complexity index is 4840. The van der Waals surface area contributed by atoms with E-state index in [4.69, 9.17) is 0 Å². The average Bonchev–Trinajstić information content (AvgIpc) is 1.45. The van der Waals surface area contributed by atoms with Crippen molar-refractivity contribution in [2.45, 2.75) is 93.9 Å². The minimum absolute atomic E-state index is 0.184. The van der Waals surface area contributed by atoms with Crippen LogP contribution < -0.4 is 0 Å². The van der Waals surface area contributed by atoms with Gasteiger partial charge >= 0.3 is 0 Å². The number of benzene rings is 14. The van der Waals surface area contributed by atoms with E-state index in [1.54, 1.807) is 0 Å². The summed E-state index contributed by atoms with van der Waals surface area (Å²) in [5, 5.41) is 10.0. The third-order valence-electron chi connectivity index (χ3n) is 22.0. The Morgan fingerprint density at radius 3 is 0.606 bits per heavy atom. The standard InChI is InChI=1S/C94H82/c1-89(2,3)93(90(4,5)6)85-55-63(41-45-81(85)83-47-43-65(57-87(83)93)67-49-69(77-37-21-29-59-25-13-17-33-73(59)77)53-70(50-67)78-38-22-30-60-26-14-18-34-74(60)78)64-42-46-82-84-48-44-66(58-88(84)94(86(82)56-64,91(7,8)9)92(10,11)12)68-51-71(79-39-23-31-61-27-15-19-35-75(61)79)54-72(52-68)80-40-24-32-62-28-16-20-36-76(62)80/h13-58H,1-12H3. The molecule has 16 rings (SSSR count). The van der Waals surface area contributed by atoms with Crippen LogP contribution in [0.1, 0.15) is 105 Å². The summed E-state index contributed by atoms with van der Waals surface area (Å²) in [5.41, 5.74) is 26.8. The van der Waals surface area contributed by atoms with Gasteiger partial charge in [0.05, 0.1) is 0 Å². The molecule has 0 N–H and O–H groups in total. The summed E-state index contributed by atoms with van der Waals surface area (Å²) in [6.07, 6.45) is 0. The summed E-state index contributed by atoms with van der Waals surface area (Å²) in [6.45, 7) is 29.9. The molecular weight excluding hydrogens is 1130 g/mol. The van der Waals surface area contributed by atoms with Crippen LogP contribution in [0.4, 0.5) is 0 Å². The number of hydrogen-bond donors (Lipinski definition) is 0. The topological polar surface area (TPSA) is 0 Å². The van der Waals surface area contributed by atoms with Gasteiger partial charge in [0.15, 0.2) is 0 Å². The van der Waals surface area contributed by atoms with Crippen LogP contribution in [-0.2, 0) is 10.8 Å². The highest BCUT2D eigenvalue weighted by molar-refractivity contribution is 6.04. The summed E-state index contributed by atoms with van der Waals surface area (Å²) >= 11 is 0. The highest BCUT2D eigenvalue weighted by Crippen LogP contribution is 2.68. The molecule has 458 valence electrons. The van der Waals surface area contributed by atoms with Gasteiger partial charge in [0.25, 0.3) is 0 Å². The molecule has 0 aliphatic heterocycles. The molecule has 0 atom stereocenters. The van der Waals surface area contributed by atoms with Crippen LogP contribution in [0, 0.1) is 21.7 Å². The fourth-order valence-electron chi connectivity index (χ4n) is 19.0. The first kappa shape index (κ1) is 59.2. The van der Waals surface area contributed by atoms with Crippen LogP contribution in [0.3, 0.4) is 0 Å². The minimum Gasteiger partial charge on any atom is -0.0616 e. The lowest BCUT2D eigenvalue weighted by atomic mass is 9.49. The zero-order valence-corrected chi connectivity index (χ0v) is 56.6. The Labute approximate surface area is 556 Å². The van der Waals surface area contributed by atoms with E-state index in [0.717, 1.165) is 0 Å². The maximum absolute atomic E-state index is 2.61. The highest BCUT2D eigenvalue weighted by Gasteiger charge is 2.59. The zero-order chi connectivity index (χ0) is 64.8. The van der Waals surface area contributed by atoms with E-state index in [2.05, 4.69) is 362 Å². The van der Waals surface area contributed by atoms with Gasteiger partial charge in [-0.3, -0.25) is 0 Å². The first-order chi connectivity index (χ1) is 45.1. The van der Waals surface area contributed by atoms with E-state index >= 15 is 0 Å². The molecular formula is C94H82. The molecule has 0 aromatic heterocycles. The van der Waals surface area contributed by atoms with Crippen LogP contribution in [-0.4, -0.2) is 0 Å². The molecule has 0 unspecified atom stereocenters. The van der Waals surface area contributed by atoms with E-state index in [-0.39, 0.29) is 32.5 Å². The molecule has 0 amide bonds. The molecule has 0 saturated carbocycles. The molecule has 14 aromatic carbocycles. The van der Waals surface area contributed by atoms with Crippen molar-refractivity contribution in [2.75, 3.05) is 0 Å². The highest BCUT2D eigenvalue weighted by atomic mass is 14.6. The van der Waals surface area contributed by atoms with Gasteiger partial charge in [-0.15, -0.1) is 0 Å². The van der Waals surface area contributed by atoms with E-state index in [9.17, 15) is 0 Å². The summed E-state index contributed by atoms with van der Waals surface area (Å²) in [7, 11) is 0. The molecule has 2 aliphatic carbocycles. The Balaban J connectivity index is 0.842. The minimum atomic E-state index is -0.370. The van der Waals surface area contributed by atoms with Crippen molar-refractivity contribution in [3.05, 3.63) is 301 Å². The average molecular weight is 1210 g/mol. The second-order valence-electron chi connectivity index (χ2n) is 31.2. The molecule has 0 spiro atoms. The van der Waals surface area contributed by atoms with E-state index in [1.165, 1.54) is 165 Å². The molecule has 0 saturated heterocycles. The summed E-state index contributed by atoms with van der Waals surface area (Å²) < 4.78 is 0. The summed E-state index contributed by atoms with van der Waals surface area (Å²) in [5.74, 6) is 0. The maximum Gasteiger partial charge on any atom is 0.0312 e. The SMILES string of the molecule is CC(C)(C)C1(C(C)(C)C)c2cc(-c3cc(-c4cccc5ccccc45)cc(-c4cccc5ccccc45)c3)ccc2-c2ccc(-c3ccc4c(c3)C(C(C)(C)C)(C(C)(C)C)c3cc(-c5cc(-c6cccc7ccccc67)cc(-c6cccc7ccccc67)c5)ccc3-4)cc21. The lowest BCUT2D eigenvalue weighted by Crippen LogP contribution is -2.50. The molecule has 0 radical (unpaired) electrons. The predicted molar refractivity (Wildman–Crippen MR) is 405 cm³/mol. The first-order valence-corrected chi connectivity index (χ1v) is 34.0. The molecule has 14 aromatic rings. The molecule has 2 aliphatic rings. The van der Waals surface area contributed by atoms with Crippen molar-refractivity contribution in [1.82, 2.24) is 0 Å². The monoisotopic (exact) mass is 1210 g/mol. The Morgan fingerprint density at radius 2 is 0.372 bits per heavy atom. The smallest absolute Gasteiger partial charge is 0.0312 e. The van der Waals surface area contributed by atoms with Gasteiger partial charge in [-0.25, -0.2) is 0 Å². The van der Waals surface area contributed by atoms with Crippen molar-refractivity contribution in [2.24, 2.45) is 21.7 Å². The van der Waals surface area contributed by atoms with E-state index in [1.807, 2.05) is 0 Å². The fourth-order valence-corrected chi connectivity index (χ4v) is 19.0. The summed E-state index contributed by atoms with van der Waals surface area (Å²) in [6, 6.07) is 107. The quantitative estimate of drug-likeness (QED) is 0.149. The Hall–Kier alpha value is -9.88. The van der Waals surface area contributed by atoms with Crippen LogP contribution in [0.15, 0.2) is 279 Å². The van der Waals surface area contributed by atoms with Crippen molar-refractivity contribution < 1.29 is 0 Å². The second kappa shape index (κ2) is 21.3. The van der Waals surface area contributed by atoms with Crippen LogP contribution in [0.2, 0.25) is 0 Å². The predicted octanol–water partition coefficient (Wildman–Crippen LogP) is 26.7. The van der Waals surface area contributed by atoms with E-state index < -0.39 is 0 Å². The third kappa shape index (κ3) is 8.92. The van der Waals surface area contributed by atoms with Gasteiger partial charge < -0.3 is 0 Å². The normalized spacial score (nSPS) is 14.1. The fraction of sp³-hybridized carbons (Fsp3) is 0.191. The molecule has 0 fully saturated rings. The van der Waals surface area contributed by atoms with E-state index in [0.29, 0.717) is 0 Å². The maximum atomic E-state index is 2.61. The second-order valence-corrected chi connectivity index (χ2v) is 31.2. The molecule has 0 heterocycles. The number of fused-ring (bicyclic) bond motifs is 10. The lowest BCUT2D eigenvalue weighted by Gasteiger charge is -2.53. The summed E-state index contributed by atoms with van der Waals surface area (Å²) in [4.78, 5) is 0. The van der Waals surface area contributed by atoms with Gasteiger partial charge in [0.1, 0.15) is 0 Å². The number of rotatable bonds is 7. The largest absolute Gasteiger partial charge is 0.0616 e. The molecule has 0 heteroatoms. The van der Waals surface area contributed by atoms with Crippen molar-refractivity contribution in [1.29, 1.82) is 0 Å². The first-order valence-electron chi connectivity index (χ1n) is 34.0. The van der Waals surface area contributed by atoms with Crippen LogP contribution in [0.5, 0.6) is 0 Å². The van der Waals surface area contributed by atoms with Gasteiger partial charge in [-0.1, -0.05) is 301 Å². The zero-order valence-electron chi connectivity index (χ0n) is 56.6. The van der Waals surface area contributed by atoms with Gasteiger partial charge in [-0.05, 0) is 248 Å². The van der Waals surface area contributed by atoms with Crippen LogP contribution >= 0.6 is 0 Å². The molecule has 0 nitrogen and oxygen atoms in total. The van der Waals surface area contributed by atoms with Gasteiger partial charge in [-0.2, -0.15) is 0 Å². The van der Waals surface area contributed by atoms with Gasteiger partial charge in [0.2, 0.25) is 0 Å². The molecule has 0 bridgehead atoms. The third-order valence-corrected chi connectivity index (χ3v) is 22.0. The van der Waals surface area contributed by atoms with Gasteiger partial charge in [0, 0.05) is 10.8 Å². The molecule has 94 heavy (non-hydrogen) atoms. The van der Waals surface area contributed by atoms with Crippen molar-refractivity contribution in [3.8, 4) is 100 Å². The lowest BCUT2D eigenvalue weighted by molar-refractivity contribution is 0.0947. The van der Waals surface area contributed by atoms with Crippen LogP contribution in [0.25, 0.3) is 143 Å². The van der Waals surface area contributed by atoms with Crippen molar-refractivity contribution in [3.63, 3.8) is 0 Å². The van der Waals surface area contributed by atoms with Crippen molar-refractivity contribution >= 4 is 43.1 Å². The Kier molecular flexibility index (Phi) is 13.4. The Morgan fingerprint density at radius 1 is 0.170 bits per heavy atom.